The molecule has 3 aromatic heterocycles. The zero-order valence-corrected chi connectivity index (χ0v) is 68.5. The van der Waals surface area contributed by atoms with Crippen molar-refractivity contribution < 1.29 is 66.4 Å². The summed E-state index contributed by atoms with van der Waals surface area (Å²) in [6, 6.07) is 55.8. The zero-order valence-electron chi connectivity index (χ0n) is 67.7. The van der Waals surface area contributed by atoms with E-state index in [4.69, 9.17) is 24.5 Å². The minimum Gasteiger partial charge on any atom is -0.481 e. The molecule has 6 aliphatic rings. The molecule has 3 fully saturated rings. The molecular weight excluding hydrogens is 1520 g/mol. The normalized spacial score (nSPS) is 16.2. The Balaban J connectivity index is 0.000000160. The van der Waals surface area contributed by atoms with Gasteiger partial charge in [0.15, 0.2) is 0 Å². The summed E-state index contributed by atoms with van der Waals surface area (Å²) >= 11 is 0. The molecule has 3 unspecified atom stereocenters. The van der Waals surface area contributed by atoms with E-state index in [2.05, 4.69) is 112 Å². The Hall–Kier alpha value is -10.7. The van der Waals surface area contributed by atoms with E-state index in [1.54, 1.807) is 0 Å². The highest BCUT2D eigenvalue weighted by molar-refractivity contribution is 5.86. The number of nitrogens with zero attached hydrogens (tertiary/aromatic N) is 6. The quantitative estimate of drug-likeness (QED) is 0.0352. The van der Waals surface area contributed by atoms with E-state index in [9.17, 15) is 51.8 Å². The minimum atomic E-state index is -4.83. The van der Waals surface area contributed by atoms with Gasteiger partial charge in [-0.25, -0.2) is 15.0 Å². The molecule has 24 heteroatoms. The Bertz CT molecular complexity index is 4910. The Morgan fingerprint density at radius 3 is 1.04 bits per heavy atom. The number of aliphatic carboxylic acids is 2. The molecule has 9 aromatic rings. The molecule has 3 atom stereocenters. The summed E-state index contributed by atoms with van der Waals surface area (Å²) in [5, 5.41) is 35.0. The van der Waals surface area contributed by atoms with Gasteiger partial charge in [0.1, 0.15) is 17.5 Å². The first kappa shape index (κ1) is 88.1. The SMILES string of the molecule is COC(=O)CC(CC1CCN(C(=O)C(F)(F)F)CC1)c1ccc2ccccc2c1.COC(=O)CC(CC1CCN(C(=O)CCc2ccc3c(n2)NCCC3)CC1)c1ccc2ccccc2c1.Cl.O=C(O)CC(CC1CCN(C(=O)CCc2ccc3c(n2)NCCC3)CC1)c1ccc2ccccc2c1.O=C(O)CCc1ccc2c(n1)NCCC2. The number of rotatable bonds is 24. The summed E-state index contributed by atoms with van der Waals surface area (Å²) in [7, 11) is 2.81. The van der Waals surface area contributed by atoms with Crippen molar-refractivity contribution in [2.45, 2.75) is 178 Å². The first-order valence-electron chi connectivity index (χ1n) is 41.8. The highest BCUT2D eigenvalue weighted by Gasteiger charge is 2.44. The van der Waals surface area contributed by atoms with Crippen molar-refractivity contribution in [1.82, 2.24) is 29.7 Å². The summed E-state index contributed by atoms with van der Waals surface area (Å²) in [6.45, 7) is 6.14. The van der Waals surface area contributed by atoms with Gasteiger partial charge >= 0.3 is 36.0 Å². The summed E-state index contributed by atoms with van der Waals surface area (Å²) in [4.78, 5) is 102. The van der Waals surface area contributed by atoms with Crippen LogP contribution in [0.1, 0.15) is 184 Å². The number of aryl methyl sites for hydroxylation is 6. The van der Waals surface area contributed by atoms with Gasteiger partial charge in [-0.05, 0) is 229 Å². The molecule has 118 heavy (non-hydrogen) atoms. The lowest BCUT2D eigenvalue weighted by molar-refractivity contribution is -0.186. The number of pyridine rings is 3. The number of hydrogen-bond acceptors (Lipinski definition) is 15. The number of fused-ring (bicyclic) bond motifs is 6. The van der Waals surface area contributed by atoms with Crippen LogP contribution in [-0.4, -0.2) is 161 Å². The molecule has 9 heterocycles. The van der Waals surface area contributed by atoms with Crippen LogP contribution in [0.2, 0.25) is 0 Å². The number of carbonyl (C=O) groups is 7. The fraction of sp³-hybridized carbons (Fsp3) is 0.447. The second-order valence-electron chi connectivity index (χ2n) is 32.1. The number of aromatic nitrogens is 3. The van der Waals surface area contributed by atoms with Crippen molar-refractivity contribution in [3.05, 3.63) is 214 Å². The van der Waals surface area contributed by atoms with E-state index in [1.807, 2.05) is 82.6 Å². The number of likely N-dealkylation sites (tertiary alicyclic amines) is 3. The predicted molar refractivity (Wildman–Crippen MR) is 456 cm³/mol. The fourth-order valence-electron chi connectivity index (χ4n) is 17.3. The standard InChI is InChI=1S/C31H37N3O3.C30H35N3O3.C22H24F3NO3.C11H14N2O2.ClH/c1-37-30(36)21-27(26-9-8-23-5-2-3-6-25(23)20-26)19-22-14-17-34(18-15-22)29(35)13-12-28-11-10-24-7-4-16-32-31(24)33-28;34-28(12-11-27-10-9-23-6-3-15-31-30(23)32-27)33-16-13-21(14-17-33)18-26(20-29(35)36)25-8-7-22-4-1-2-5-24(22)19-25;1-29-20(27)14-19(18-7-6-16-4-2-3-5-17(16)13-18)12-15-8-10-26(11-9-15)21(28)22(23,24)25;14-10(15)6-5-9-4-3-8-2-1-7-12-11(8)13-9;/h2-3,5-6,8-11,20,22,27H,4,7,12-19,21H2,1H3,(H,32,33);1-2,4-5,7-10,19,21,26H,3,6,11-18,20H2,(H,31,32)(H,35,36);2-7,13,15,19H,8-12,14H2,1H3;3-4H,1-2,5-7H2,(H,12,13)(H,14,15);1H. The third-order valence-corrected chi connectivity index (χ3v) is 24.0. The van der Waals surface area contributed by atoms with Gasteiger partial charge in [-0.3, -0.25) is 33.6 Å². The maximum atomic E-state index is 12.9. The van der Waals surface area contributed by atoms with E-state index < -0.39 is 24.0 Å². The molecule has 6 aliphatic heterocycles. The van der Waals surface area contributed by atoms with Crippen LogP contribution in [0.4, 0.5) is 30.6 Å². The predicted octanol–water partition coefficient (Wildman–Crippen LogP) is 17.5. The Kier molecular flexibility index (Phi) is 32.2. The van der Waals surface area contributed by atoms with Crippen molar-refractivity contribution in [1.29, 1.82) is 0 Å². The van der Waals surface area contributed by atoms with Crippen LogP contribution in [-0.2, 0) is 81.6 Å². The summed E-state index contributed by atoms with van der Waals surface area (Å²) in [5.41, 5.74) is 9.89. The van der Waals surface area contributed by atoms with Gasteiger partial charge in [0.2, 0.25) is 11.8 Å². The van der Waals surface area contributed by atoms with Crippen LogP contribution in [0.15, 0.2) is 164 Å². The number of anilines is 3. The van der Waals surface area contributed by atoms with Crippen LogP contribution in [0, 0.1) is 17.8 Å². The topological polar surface area (TPSA) is 263 Å². The second kappa shape index (κ2) is 43.2. The summed E-state index contributed by atoms with van der Waals surface area (Å²) in [5.74, 6) is 0.617. The van der Waals surface area contributed by atoms with Gasteiger partial charge < -0.3 is 50.3 Å². The molecule has 0 aliphatic carbocycles. The Labute approximate surface area is 695 Å². The van der Waals surface area contributed by atoms with Gasteiger partial charge in [0.05, 0.1) is 39.9 Å². The first-order valence-corrected chi connectivity index (χ1v) is 41.8. The molecule has 5 N–H and O–H groups in total. The number of methoxy groups -OCH3 is 2. The molecule has 0 radical (unpaired) electrons. The van der Waals surface area contributed by atoms with E-state index in [0.717, 1.165) is 190 Å². The molecule has 0 spiro atoms. The summed E-state index contributed by atoms with van der Waals surface area (Å²) < 4.78 is 47.8. The lowest BCUT2D eigenvalue weighted by Gasteiger charge is -2.34. The van der Waals surface area contributed by atoms with Gasteiger partial charge in [-0.15, -0.1) is 12.4 Å². The highest BCUT2D eigenvalue weighted by atomic mass is 35.5. The fourth-order valence-corrected chi connectivity index (χ4v) is 17.3. The highest BCUT2D eigenvalue weighted by Crippen LogP contribution is 2.39. The third kappa shape index (κ3) is 25.4. The number of piperidine rings is 3. The van der Waals surface area contributed by atoms with Crippen LogP contribution in [0.25, 0.3) is 32.3 Å². The van der Waals surface area contributed by atoms with Crippen molar-refractivity contribution in [3.8, 4) is 0 Å². The molecule has 626 valence electrons. The molecule has 3 saturated heterocycles. The number of carboxylic acids is 2. The number of carboxylic acid groups (broad SMARTS) is 2. The van der Waals surface area contributed by atoms with E-state index in [1.165, 1.54) is 52.6 Å². The van der Waals surface area contributed by atoms with E-state index >= 15 is 0 Å². The number of benzene rings is 6. The molecule has 0 saturated carbocycles. The molecular formula is C94H111ClF3N9O11. The number of halogens is 4. The number of hydrogen-bond donors (Lipinski definition) is 5. The zero-order chi connectivity index (χ0) is 82.2. The molecule has 15 rings (SSSR count). The molecule has 6 aromatic carbocycles. The lowest BCUT2D eigenvalue weighted by Crippen LogP contribution is -2.45. The van der Waals surface area contributed by atoms with Crippen molar-refractivity contribution in [3.63, 3.8) is 0 Å². The smallest absolute Gasteiger partial charge is 0.471 e. The average Bonchev–Trinajstić information content (AvgIpc) is 0.811. The van der Waals surface area contributed by atoms with Crippen molar-refractivity contribution >= 4 is 104 Å². The van der Waals surface area contributed by atoms with Crippen LogP contribution < -0.4 is 16.0 Å². The van der Waals surface area contributed by atoms with E-state index in [0.29, 0.717) is 69.6 Å². The van der Waals surface area contributed by atoms with Crippen LogP contribution in [0.3, 0.4) is 0 Å². The maximum absolute atomic E-state index is 12.9. The van der Waals surface area contributed by atoms with Crippen LogP contribution >= 0.6 is 12.4 Å². The van der Waals surface area contributed by atoms with Crippen molar-refractivity contribution in [2.24, 2.45) is 17.8 Å². The second-order valence-corrected chi connectivity index (χ2v) is 32.1. The summed E-state index contributed by atoms with van der Waals surface area (Å²) in [6.07, 6.45) is 12.7. The minimum absolute atomic E-state index is 0. The molecule has 3 amide bonds. The first-order chi connectivity index (χ1) is 56.7. The average molecular weight is 1640 g/mol. The van der Waals surface area contributed by atoms with E-state index in [-0.39, 0.29) is 92.2 Å². The number of esters is 2. The number of carbonyl (C=O) groups excluding carboxylic acids is 5. The van der Waals surface area contributed by atoms with Gasteiger partial charge in [0, 0.05) is 95.2 Å². The molecule has 0 bridgehead atoms. The van der Waals surface area contributed by atoms with Crippen LogP contribution in [0.5, 0.6) is 0 Å². The van der Waals surface area contributed by atoms with Gasteiger partial charge in [-0.1, -0.05) is 146 Å². The Morgan fingerprint density at radius 2 is 0.729 bits per heavy atom. The lowest BCUT2D eigenvalue weighted by atomic mass is 9.81. The molecule has 20 nitrogen and oxygen atoms in total. The third-order valence-electron chi connectivity index (χ3n) is 24.0. The largest absolute Gasteiger partial charge is 0.481 e. The number of nitrogens with one attached hydrogen (secondary N) is 3. The number of alkyl halides is 3. The number of ether oxygens (including phenoxy) is 2. The number of amides is 3. The Morgan fingerprint density at radius 1 is 0.415 bits per heavy atom. The van der Waals surface area contributed by atoms with Crippen molar-refractivity contribution in [2.75, 3.05) is 89.1 Å². The maximum Gasteiger partial charge on any atom is 0.471 e. The van der Waals surface area contributed by atoms with Gasteiger partial charge in [-0.2, -0.15) is 13.2 Å². The monoisotopic (exact) mass is 1630 g/mol. The van der Waals surface area contributed by atoms with Gasteiger partial charge in [0.25, 0.3) is 0 Å².